The maximum absolute atomic E-state index is 11.8. The first-order valence-corrected chi connectivity index (χ1v) is 6.25. The molecule has 1 rings (SSSR count). The van der Waals surface area contributed by atoms with Gasteiger partial charge in [0.1, 0.15) is 5.75 Å². The molecule has 0 saturated heterocycles. The van der Waals surface area contributed by atoms with Crippen molar-refractivity contribution >= 4 is 17.5 Å². The van der Waals surface area contributed by atoms with E-state index in [9.17, 15) is 4.79 Å². The summed E-state index contributed by atoms with van der Waals surface area (Å²) in [5.41, 5.74) is 0. The van der Waals surface area contributed by atoms with Crippen molar-refractivity contribution in [2.24, 2.45) is 0 Å². The molecule has 0 radical (unpaired) electrons. The fourth-order valence-electron chi connectivity index (χ4n) is 1.39. The van der Waals surface area contributed by atoms with Crippen molar-refractivity contribution in [1.29, 1.82) is 0 Å². The summed E-state index contributed by atoms with van der Waals surface area (Å²) >= 11 is 5.85. The van der Waals surface area contributed by atoms with E-state index >= 15 is 0 Å². The molecule has 1 aromatic carbocycles. The second-order valence-electron chi connectivity index (χ2n) is 3.76. The van der Waals surface area contributed by atoms with Crippen LogP contribution >= 0.6 is 11.6 Å². The third-order valence-corrected chi connectivity index (χ3v) is 2.52. The van der Waals surface area contributed by atoms with Crippen LogP contribution in [0.5, 0.6) is 5.75 Å². The largest absolute Gasteiger partial charge is 0.481 e. The molecule has 0 spiro atoms. The lowest BCUT2D eigenvalue weighted by Crippen LogP contribution is -2.38. The van der Waals surface area contributed by atoms with E-state index in [1.807, 2.05) is 13.8 Å². The fraction of sp³-hybridized carbons (Fsp3) is 0.462. The molecule has 0 aliphatic heterocycles. The lowest BCUT2D eigenvalue weighted by atomic mass is 10.2. The fourth-order valence-corrected chi connectivity index (χ4v) is 1.57. The molecule has 0 heterocycles. The predicted octanol–water partition coefficient (Wildman–Crippen LogP) is 3.02. The Hall–Kier alpha value is -1.22. The van der Waals surface area contributed by atoms with Gasteiger partial charge in [0.15, 0.2) is 6.10 Å². The zero-order valence-corrected chi connectivity index (χ0v) is 11.0. The second-order valence-corrected chi connectivity index (χ2v) is 4.20. The van der Waals surface area contributed by atoms with Crippen LogP contribution in [0.3, 0.4) is 0 Å². The highest BCUT2D eigenvalue weighted by Gasteiger charge is 2.17. The van der Waals surface area contributed by atoms with E-state index in [1.165, 1.54) is 0 Å². The van der Waals surface area contributed by atoms with Crippen LogP contribution < -0.4 is 10.1 Å². The van der Waals surface area contributed by atoms with Gasteiger partial charge in [-0.15, -0.1) is 0 Å². The summed E-state index contributed by atoms with van der Waals surface area (Å²) in [6.07, 6.45) is 1.08. The molecule has 0 unspecified atom stereocenters. The van der Waals surface area contributed by atoms with Crippen molar-refractivity contribution < 1.29 is 9.53 Å². The van der Waals surface area contributed by atoms with E-state index in [1.54, 1.807) is 24.3 Å². The van der Waals surface area contributed by atoms with Crippen molar-refractivity contribution in [3.8, 4) is 5.75 Å². The summed E-state index contributed by atoms with van der Waals surface area (Å²) in [6.45, 7) is 4.61. The van der Waals surface area contributed by atoms with E-state index < -0.39 is 6.10 Å². The van der Waals surface area contributed by atoms with Crippen LogP contribution in [0.15, 0.2) is 24.3 Å². The molecule has 0 bridgehead atoms. The monoisotopic (exact) mass is 255 g/mol. The van der Waals surface area contributed by atoms with E-state index in [-0.39, 0.29) is 5.91 Å². The minimum absolute atomic E-state index is 0.0747. The highest BCUT2D eigenvalue weighted by atomic mass is 35.5. The van der Waals surface area contributed by atoms with Crippen LogP contribution in [0.25, 0.3) is 0 Å². The van der Waals surface area contributed by atoms with Crippen molar-refractivity contribution in [3.05, 3.63) is 29.3 Å². The van der Waals surface area contributed by atoms with Gasteiger partial charge in [-0.2, -0.15) is 0 Å². The molecular weight excluding hydrogens is 238 g/mol. The van der Waals surface area contributed by atoms with Gasteiger partial charge in [0.2, 0.25) is 0 Å². The molecular formula is C13H18ClNO2. The highest BCUT2D eigenvalue weighted by Crippen LogP contribution is 2.19. The van der Waals surface area contributed by atoms with Crippen LogP contribution in [0.4, 0.5) is 0 Å². The van der Waals surface area contributed by atoms with E-state index in [0.717, 1.165) is 6.42 Å². The lowest BCUT2D eigenvalue weighted by Gasteiger charge is -2.17. The Morgan fingerprint density at radius 2 is 2.24 bits per heavy atom. The van der Waals surface area contributed by atoms with Crippen LogP contribution in [-0.2, 0) is 4.79 Å². The number of amides is 1. The van der Waals surface area contributed by atoms with Crippen molar-refractivity contribution in [1.82, 2.24) is 5.32 Å². The molecule has 3 nitrogen and oxygen atoms in total. The van der Waals surface area contributed by atoms with Gasteiger partial charge in [0.05, 0.1) is 0 Å². The van der Waals surface area contributed by atoms with Gasteiger partial charge >= 0.3 is 0 Å². The minimum Gasteiger partial charge on any atom is -0.481 e. The maximum Gasteiger partial charge on any atom is 0.261 e. The van der Waals surface area contributed by atoms with E-state index in [0.29, 0.717) is 23.7 Å². The zero-order valence-electron chi connectivity index (χ0n) is 10.2. The number of ether oxygens (including phenoxy) is 1. The first-order chi connectivity index (χ1) is 8.17. The smallest absolute Gasteiger partial charge is 0.261 e. The second kappa shape index (κ2) is 7.17. The van der Waals surface area contributed by atoms with Crippen molar-refractivity contribution in [2.75, 3.05) is 6.54 Å². The molecule has 1 amide bonds. The topological polar surface area (TPSA) is 38.3 Å². The summed E-state index contributed by atoms with van der Waals surface area (Å²) in [5.74, 6) is 0.547. The lowest BCUT2D eigenvalue weighted by molar-refractivity contribution is -0.128. The molecule has 0 aromatic heterocycles. The van der Waals surface area contributed by atoms with E-state index in [4.69, 9.17) is 16.3 Å². The SMILES string of the molecule is CCCNC(=O)[C@@H](CC)Oc1cccc(Cl)c1. The number of hydrogen-bond acceptors (Lipinski definition) is 2. The van der Waals surface area contributed by atoms with Crippen molar-refractivity contribution in [2.45, 2.75) is 32.8 Å². The average Bonchev–Trinajstić information content (AvgIpc) is 2.33. The molecule has 1 N–H and O–H groups in total. The Morgan fingerprint density at radius 3 is 2.82 bits per heavy atom. The number of hydrogen-bond donors (Lipinski definition) is 1. The van der Waals surface area contributed by atoms with Gasteiger partial charge in [-0.3, -0.25) is 4.79 Å². The third-order valence-electron chi connectivity index (χ3n) is 2.29. The van der Waals surface area contributed by atoms with Gasteiger partial charge in [-0.25, -0.2) is 0 Å². The van der Waals surface area contributed by atoms with Gasteiger partial charge < -0.3 is 10.1 Å². The summed E-state index contributed by atoms with van der Waals surface area (Å²) in [5, 5.41) is 3.42. The Bertz CT molecular complexity index is 368. The molecule has 0 aliphatic rings. The van der Waals surface area contributed by atoms with Crippen molar-refractivity contribution in [3.63, 3.8) is 0 Å². The number of benzene rings is 1. The molecule has 0 aliphatic carbocycles. The molecule has 1 atom stereocenters. The van der Waals surface area contributed by atoms with Crippen LogP contribution in [0.2, 0.25) is 5.02 Å². The van der Waals surface area contributed by atoms with Gasteiger partial charge in [0.25, 0.3) is 5.91 Å². The summed E-state index contributed by atoms with van der Waals surface area (Å²) in [4.78, 5) is 11.8. The molecule has 0 saturated carbocycles. The average molecular weight is 256 g/mol. The number of nitrogens with one attached hydrogen (secondary N) is 1. The van der Waals surface area contributed by atoms with Crippen LogP contribution in [0.1, 0.15) is 26.7 Å². The standard InChI is InChI=1S/C13H18ClNO2/c1-3-8-15-13(16)12(4-2)17-11-7-5-6-10(14)9-11/h5-7,9,12H,3-4,8H2,1-2H3,(H,15,16)/t12-/m1/s1. The van der Waals surface area contributed by atoms with Gasteiger partial charge in [-0.1, -0.05) is 31.5 Å². The highest BCUT2D eigenvalue weighted by molar-refractivity contribution is 6.30. The molecule has 4 heteroatoms. The van der Waals surface area contributed by atoms with Crippen LogP contribution in [-0.4, -0.2) is 18.6 Å². The zero-order chi connectivity index (χ0) is 12.7. The molecule has 94 valence electrons. The first kappa shape index (κ1) is 13.8. The first-order valence-electron chi connectivity index (χ1n) is 5.87. The molecule has 17 heavy (non-hydrogen) atoms. The molecule has 0 fully saturated rings. The Kier molecular flexibility index (Phi) is 5.84. The number of rotatable bonds is 6. The summed E-state index contributed by atoms with van der Waals surface area (Å²) in [6, 6.07) is 7.07. The maximum atomic E-state index is 11.8. The number of carbonyl (C=O) groups is 1. The van der Waals surface area contributed by atoms with Gasteiger partial charge in [-0.05, 0) is 31.0 Å². The van der Waals surface area contributed by atoms with Crippen LogP contribution in [0, 0.1) is 0 Å². The third kappa shape index (κ3) is 4.65. The predicted molar refractivity (Wildman–Crippen MR) is 69.5 cm³/mol. The Balaban J connectivity index is 2.60. The Morgan fingerprint density at radius 1 is 1.47 bits per heavy atom. The molecule has 1 aromatic rings. The number of carbonyl (C=O) groups excluding carboxylic acids is 1. The summed E-state index contributed by atoms with van der Waals surface area (Å²) < 4.78 is 5.61. The Labute approximate surface area is 107 Å². The normalized spacial score (nSPS) is 11.9. The van der Waals surface area contributed by atoms with Gasteiger partial charge in [0, 0.05) is 11.6 Å². The quantitative estimate of drug-likeness (QED) is 0.849. The minimum atomic E-state index is -0.458. The van der Waals surface area contributed by atoms with E-state index in [2.05, 4.69) is 5.32 Å². The summed E-state index contributed by atoms with van der Waals surface area (Å²) in [7, 11) is 0. The number of halogens is 1.